The van der Waals surface area contributed by atoms with Gasteiger partial charge in [0, 0.05) is 24.9 Å². The molecule has 1 aromatic carbocycles. The third-order valence-corrected chi connectivity index (χ3v) is 6.36. The zero-order chi connectivity index (χ0) is 18.6. The fraction of sp³-hybridized carbons (Fsp3) is 0.316. The number of hydrogen-bond donors (Lipinski definition) is 1. The normalized spacial score (nSPS) is 16.8. The van der Waals surface area contributed by atoms with E-state index in [1.807, 2.05) is 0 Å². The zero-order valence-corrected chi connectivity index (χ0v) is 15.4. The zero-order valence-electron chi connectivity index (χ0n) is 14.6. The lowest BCUT2D eigenvalue weighted by Gasteiger charge is -2.29. The predicted molar refractivity (Wildman–Crippen MR) is 100.0 cm³/mol. The fourth-order valence-electron chi connectivity index (χ4n) is 2.81. The summed E-state index contributed by atoms with van der Waals surface area (Å²) < 4.78 is 32.0. The number of carbonyl (C=O) groups excluding carboxylic acids is 1. The molecular formula is C19H22N2O4S. The van der Waals surface area contributed by atoms with E-state index < -0.39 is 10.0 Å². The largest absolute Gasteiger partial charge is 0.465 e. The van der Waals surface area contributed by atoms with Crippen LogP contribution in [0.15, 0.2) is 58.1 Å². The summed E-state index contributed by atoms with van der Waals surface area (Å²) in [5.74, 6) is 0.827. The molecule has 138 valence electrons. The van der Waals surface area contributed by atoms with Gasteiger partial charge in [-0.3, -0.25) is 4.79 Å². The number of benzene rings is 1. The van der Waals surface area contributed by atoms with Crippen molar-refractivity contribution >= 4 is 27.7 Å². The van der Waals surface area contributed by atoms with Gasteiger partial charge in [0.05, 0.1) is 11.2 Å². The average molecular weight is 374 g/mol. The highest BCUT2D eigenvalue weighted by Gasteiger charge is 2.27. The summed E-state index contributed by atoms with van der Waals surface area (Å²) in [5.41, 5.74) is 0.533. The topological polar surface area (TPSA) is 79.6 Å². The van der Waals surface area contributed by atoms with E-state index in [4.69, 9.17) is 4.42 Å². The van der Waals surface area contributed by atoms with Crippen molar-refractivity contribution in [3.8, 4) is 0 Å². The van der Waals surface area contributed by atoms with Crippen LogP contribution in [0.5, 0.6) is 0 Å². The standard InChI is InChI=1S/C19H22N2O4S/c1-15-10-12-21(13-11-15)26(23,24)18-7-4-16(5-8-18)20-19(22)9-6-17-3-2-14-25-17/h2-9,14-15H,10-13H2,1H3,(H,20,22)/b9-6+. The van der Waals surface area contributed by atoms with Crippen molar-refractivity contribution in [1.82, 2.24) is 4.31 Å². The van der Waals surface area contributed by atoms with Gasteiger partial charge >= 0.3 is 0 Å². The van der Waals surface area contributed by atoms with E-state index in [0.717, 1.165) is 12.8 Å². The van der Waals surface area contributed by atoms with Gasteiger partial charge in [0.25, 0.3) is 0 Å². The number of piperidine rings is 1. The van der Waals surface area contributed by atoms with Crippen molar-refractivity contribution in [2.75, 3.05) is 18.4 Å². The molecule has 26 heavy (non-hydrogen) atoms. The van der Waals surface area contributed by atoms with Crippen LogP contribution in [-0.4, -0.2) is 31.7 Å². The van der Waals surface area contributed by atoms with Gasteiger partial charge in [-0.15, -0.1) is 0 Å². The van der Waals surface area contributed by atoms with E-state index in [2.05, 4.69) is 12.2 Å². The third kappa shape index (κ3) is 4.42. The van der Waals surface area contributed by atoms with Crippen LogP contribution in [0.25, 0.3) is 6.08 Å². The minimum absolute atomic E-state index is 0.246. The lowest BCUT2D eigenvalue weighted by Crippen LogP contribution is -2.37. The Hall–Kier alpha value is -2.38. The van der Waals surface area contributed by atoms with Gasteiger partial charge in [0.2, 0.25) is 15.9 Å². The van der Waals surface area contributed by atoms with Gasteiger partial charge in [0.15, 0.2) is 0 Å². The summed E-state index contributed by atoms with van der Waals surface area (Å²) in [5, 5.41) is 2.69. The molecular weight excluding hydrogens is 352 g/mol. The van der Waals surface area contributed by atoms with Crippen LogP contribution in [0.2, 0.25) is 0 Å². The number of nitrogens with zero attached hydrogens (tertiary/aromatic N) is 1. The number of furan rings is 1. The van der Waals surface area contributed by atoms with Crippen molar-refractivity contribution in [2.45, 2.75) is 24.7 Å². The van der Waals surface area contributed by atoms with Gasteiger partial charge in [-0.25, -0.2) is 8.42 Å². The van der Waals surface area contributed by atoms with E-state index >= 15 is 0 Å². The molecule has 0 unspecified atom stereocenters. The van der Waals surface area contributed by atoms with Crippen LogP contribution in [-0.2, 0) is 14.8 Å². The molecule has 2 aromatic rings. The summed E-state index contributed by atoms with van der Waals surface area (Å²) in [6.07, 6.45) is 6.22. The van der Waals surface area contributed by atoms with Crippen LogP contribution in [0, 0.1) is 5.92 Å². The fourth-order valence-corrected chi connectivity index (χ4v) is 4.28. The molecule has 1 N–H and O–H groups in total. The highest BCUT2D eigenvalue weighted by Crippen LogP contribution is 2.24. The smallest absolute Gasteiger partial charge is 0.248 e. The number of sulfonamides is 1. The number of anilines is 1. The molecule has 1 saturated heterocycles. The molecule has 2 heterocycles. The lowest BCUT2D eigenvalue weighted by molar-refractivity contribution is -0.111. The van der Waals surface area contributed by atoms with Gasteiger partial charge in [-0.2, -0.15) is 4.31 Å². The van der Waals surface area contributed by atoms with E-state index in [0.29, 0.717) is 30.5 Å². The minimum Gasteiger partial charge on any atom is -0.465 e. The SMILES string of the molecule is CC1CCN(S(=O)(=O)c2ccc(NC(=O)/C=C/c3ccco3)cc2)CC1. The maximum absolute atomic E-state index is 12.7. The summed E-state index contributed by atoms with van der Waals surface area (Å²) in [6.45, 7) is 3.25. The molecule has 7 heteroatoms. The quantitative estimate of drug-likeness (QED) is 0.814. The van der Waals surface area contributed by atoms with Gasteiger partial charge in [-0.1, -0.05) is 6.92 Å². The molecule has 0 spiro atoms. The minimum atomic E-state index is -3.48. The lowest BCUT2D eigenvalue weighted by atomic mass is 10.0. The maximum atomic E-state index is 12.7. The molecule has 3 rings (SSSR count). The molecule has 1 amide bonds. The monoisotopic (exact) mass is 374 g/mol. The average Bonchev–Trinajstić information content (AvgIpc) is 3.14. The third-order valence-electron chi connectivity index (χ3n) is 4.44. The van der Waals surface area contributed by atoms with Gasteiger partial charge in [0.1, 0.15) is 5.76 Å². The number of amides is 1. The molecule has 0 saturated carbocycles. The second-order valence-electron chi connectivity index (χ2n) is 6.45. The molecule has 0 bridgehead atoms. The Morgan fingerprint density at radius 1 is 1.19 bits per heavy atom. The number of carbonyl (C=O) groups is 1. The first kappa shape index (κ1) is 18.4. The van der Waals surface area contributed by atoms with E-state index in [9.17, 15) is 13.2 Å². The Morgan fingerprint density at radius 3 is 2.50 bits per heavy atom. The Bertz CT molecular complexity index is 863. The molecule has 0 atom stereocenters. The second kappa shape index (κ2) is 7.88. The Kier molecular flexibility index (Phi) is 5.58. The Labute approximate surface area is 153 Å². The summed E-state index contributed by atoms with van der Waals surface area (Å²) >= 11 is 0. The van der Waals surface area contributed by atoms with Crippen LogP contribution in [0.3, 0.4) is 0 Å². The highest BCUT2D eigenvalue weighted by molar-refractivity contribution is 7.89. The Balaban J connectivity index is 1.63. The van der Waals surface area contributed by atoms with E-state index in [-0.39, 0.29) is 10.8 Å². The molecule has 1 fully saturated rings. The van der Waals surface area contributed by atoms with Gasteiger partial charge < -0.3 is 9.73 Å². The van der Waals surface area contributed by atoms with E-state index in [1.54, 1.807) is 30.3 Å². The van der Waals surface area contributed by atoms with Crippen LogP contribution in [0.1, 0.15) is 25.5 Å². The molecule has 0 aliphatic carbocycles. The first-order chi connectivity index (χ1) is 12.4. The maximum Gasteiger partial charge on any atom is 0.248 e. The number of nitrogens with one attached hydrogen (secondary N) is 1. The highest BCUT2D eigenvalue weighted by atomic mass is 32.2. The van der Waals surface area contributed by atoms with Crippen molar-refractivity contribution in [2.24, 2.45) is 5.92 Å². The number of hydrogen-bond acceptors (Lipinski definition) is 4. The van der Waals surface area contributed by atoms with Crippen LogP contribution >= 0.6 is 0 Å². The van der Waals surface area contributed by atoms with Crippen molar-refractivity contribution in [3.05, 3.63) is 54.5 Å². The van der Waals surface area contributed by atoms with Crippen LogP contribution < -0.4 is 5.32 Å². The van der Waals surface area contributed by atoms with Crippen LogP contribution in [0.4, 0.5) is 5.69 Å². The van der Waals surface area contributed by atoms with Crippen molar-refractivity contribution in [3.63, 3.8) is 0 Å². The first-order valence-electron chi connectivity index (χ1n) is 8.58. The summed E-state index contributed by atoms with van der Waals surface area (Å²) in [7, 11) is -3.48. The van der Waals surface area contributed by atoms with E-state index in [1.165, 1.54) is 28.8 Å². The van der Waals surface area contributed by atoms with Crippen molar-refractivity contribution in [1.29, 1.82) is 0 Å². The molecule has 1 aromatic heterocycles. The molecule has 1 aliphatic rings. The molecule has 1 aliphatic heterocycles. The first-order valence-corrected chi connectivity index (χ1v) is 10.0. The second-order valence-corrected chi connectivity index (χ2v) is 8.39. The summed E-state index contributed by atoms with van der Waals surface area (Å²) in [4.78, 5) is 12.1. The predicted octanol–water partition coefficient (Wildman–Crippen LogP) is 3.35. The molecule has 6 nitrogen and oxygen atoms in total. The number of rotatable bonds is 5. The van der Waals surface area contributed by atoms with Crippen molar-refractivity contribution < 1.29 is 17.6 Å². The molecule has 0 radical (unpaired) electrons. The Morgan fingerprint density at radius 2 is 1.88 bits per heavy atom. The van der Waals surface area contributed by atoms with Gasteiger partial charge in [-0.05, 0) is 61.2 Å². The summed E-state index contributed by atoms with van der Waals surface area (Å²) in [6, 6.07) is 9.72.